The lowest BCUT2D eigenvalue weighted by Crippen LogP contribution is -2.45. The highest BCUT2D eigenvalue weighted by atomic mass is 16.5. The molecule has 1 heterocycles. The number of rotatable bonds is 8. The second-order valence-electron chi connectivity index (χ2n) is 6.50. The highest BCUT2D eigenvalue weighted by Gasteiger charge is 2.23. The van der Waals surface area contributed by atoms with E-state index < -0.39 is 0 Å². The maximum atomic E-state index is 9.52. The minimum absolute atomic E-state index is 0.170. The number of benzene rings is 2. The Balaban J connectivity index is 1.75. The second kappa shape index (κ2) is 9.57. The van der Waals surface area contributed by atoms with Gasteiger partial charge in [0.1, 0.15) is 6.61 Å². The summed E-state index contributed by atoms with van der Waals surface area (Å²) in [5.74, 6) is 1.47. The molecule has 1 fully saturated rings. The fourth-order valence-corrected chi connectivity index (χ4v) is 3.42. The first-order valence-corrected chi connectivity index (χ1v) is 9.22. The van der Waals surface area contributed by atoms with Gasteiger partial charge in [-0.1, -0.05) is 36.4 Å². The maximum absolute atomic E-state index is 9.52. The standard InChI is InChI=1S/C21H28N2O3/c1-25-21-15-18(19(9-14-24)23-12-10-22-11-13-23)7-8-20(21)26-16-17-5-3-2-4-6-17/h2-8,15,19,22,24H,9-14,16H2,1H3/t19-/m0/s1. The Bertz CT molecular complexity index is 672. The van der Waals surface area contributed by atoms with Crippen molar-refractivity contribution in [2.75, 3.05) is 39.9 Å². The van der Waals surface area contributed by atoms with Crippen LogP contribution in [0.2, 0.25) is 0 Å². The number of hydrogen-bond acceptors (Lipinski definition) is 5. The van der Waals surface area contributed by atoms with E-state index in [0.717, 1.165) is 48.8 Å². The van der Waals surface area contributed by atoms with Crippen LogP contribution in [-0.2, 0) is 6.61 Å². The molecular formula is C21H28N2O3. The molecule has 5 nitrogen and oxygen atoms in total. The fourth-order valence-electron chi connectivity index (χ4n) is 3.42. The van der Waals surface area contributed by atoms with Crippen molar-refractivity contribution in [1.82, 2.24) is 10.2 Å². The quantitative estimate of drug-likeness (QED) is 0.761. The molecule has 0 radical (unpaired) electrons. The first-order valence-electron chi connectivity index (χ1n) is 9.22. The first-order chi connectivity index (χ1) is 12.8. The van der Waals surface area contributed by atoms with Crippen LogP contribution in [0, 0.1) is 0 Å². The Labute approximate surface area is 155 Å². The lowest BCUT2D eigenvalue weighted by molar-refractivity contribution is 0.141. The number of methoxy groups -OCH3 is 1. The number of ether oxygens (including phenoxy) is 2. The van der Waals surface area contributed by atoms with E-state index in [2.05, 4.69) is 16.3 Å². The Morgan fingerprint density at radius 1 is 1.08 bits per heavy atom. The van der Waals surface area contributed by atoms with Crippen LogP contribution in [0.4, 0.5) is 0 Å². The largest absolute Gasteiger partial charge is 0.493 e. The zero-order valence-electron chi connectivity index (χ0n) is 15.4. The van der Waals surface area contributed by atoms with Crippen LogP contribution in [0.5, 0.6) is 11.5 Å². The van der Waals surface area contributed by atoms with Crippen molar-refractivity contribution >= 4 is 0 Å². The highest BCUT2D eigenvalue weighted by Crippen LogP contribution is 2.34. The van der Waals surface area contributed by atoms with Crippen LogP contribution in [-0.4, -0.2) is 49.9 Å². The summed E-state index contributed by atoms with van der Waals surface area (Å²) in [6, 6.07) is 16.4. The second-order valence-corrected chi connectivity index (χ2v) is 6.50. The van der Waals surface area contributed by atoms with Crippen LogP contribution in [0.25, 0.3) is 0 Å². The summed E-state index contributed by atoms with van der Waals surface area (Å²) in [7, 11) is 1.67. The predicted molar refractivity (Wildman–Crippen MR) is 103 cm³/mol. The van der Waals surface area contributed by atoms with E-state index in [4.69, 9.17) is 9.47 Å². The van der Waals surface area contributed by atoms with Crippen molar-refractivity contribution in [2.45, 2.75) is 19.1 Å². The van der Waals surface area contributed by atoms with Gasteiger partial charge < -0.3 is 19.9 Å². The van der Waals surface area contributed by atoms with Gasteiger partial charge in [-0.15, -0.1) is 0 Å². The van der Waals surface area contributed by atoms with E-state index in [1.54, 1.807) is 7.11 Å². The third-order valence-corrected chi connectivity index (χ3v) is 4.80. The number of aliphatic hydroxyl groups is 1. The van der Waals surface area contributed by atoms with Gasteiger partial charge in [0.15, 0.2) is 11.5 Å². The molecule has 0 bridgehead atoms. The molecule has 1 saturated heterocycles. The summed E-state index contributed by atoms with van der Waals surface area (Å²) in [6.07, 6.45) is 0.716. The van der Waals surface area contributed by atoms with E-state index in [9.17, 15) is 5.11 Å². The average molecular weight is 356 g/mol. The summed E-state index contributed by atoms with van der Waals surface area (Å²) >= 11 is 0. The molecule has 0 aliphatic carbocycles. The minimum atomic E-state index is 0.170. The predicted octanol–water partition coefficient (Wildman–Crippen LogP) is 2.60. The van der Waals surface area contributed by atoms with Gasteiger partial charge in [0.25, 0.3) is 0 Å². The fraction of sp³-hybridized carbons (Fsp3) is 0.429. The van der Waals surface area contributed by atoms with Crippen LogP contribution in [0.1, 0.15) is 23.6 Å². The number of hydrogen-bond donors (Lipinski definition) is 2. The molecule has 1 aliphatic heterocycles. The molecule has 0 unspecified atom stereocenters. The van der Waals surface area contributed by atoms with Gasteiger partial charge >= 0.3 is 0 Å². The van der Waals surface area contributed by atoms with Crippen LogP contribution < -0.4 is 14.8 Å². The molecule has 2 N–H and O–H groups in total. The van der Waals surface area contributed by atoms with Gasteiger partial charge in [0.2, 0.25) is 0 Å². The minimum Gasteiger partial charge on any atom is -0.493 e. The van der Waals surface area contributed by atoms with E-state index in [0.29, 0.717) is 13.0 Å². The first kappa shape index (κ1) is 18.7. The maximum Gasteiger partial charge on any atom is 0.161 e. The SMILES string of the molecule is COc1cc([C@H](CCO)N2CCNCC2)ccc1OCc1ccccc1. The number of nitrogens with zero attached hydrogens (tertiary/aromatic N) is 1. The third-order valence-electron chi connectivity index (χ3n) is 4.80. The Morgan fingerprint density at radius 2 is 1.85 bits per heavy atom. The summed E-state index contributed by atoms with van der Waals surface area (Å²) in [4.78, 5) is 2.42. The molecule has 26 heavy (non-hydrogen) atoms. The molecule has 2 aromatic rings. The number of piperazine rings is 1. The van der Waals surface area contributed by atoms with Crippen LogP contribution in [0.15, 0.2) is 48.5 Å². The molecule has 0 amide bonds. The molecule has 1 atom stereocenters. The Kier molecular flexibility index (Phi) is 6.89. The molecule has 2 aromatic carbocycles. The van der Waals surface area contributed by atoms with Crippen molar-refractivity contribution in [1.29, 1.82) is 0 Å². The average Bonchev–Trinajstić information content (AvgIpc) is 2.72. The van der Waals surface area contributed by atoms with Crippen molar-refractivity contribution in [3.05, 3.63) is 59.7 Å². The molecule has 0 saturated carbocycles. The molecule has 1 aliphatic rings. The van der Waals surface area contributed by atoms with Crippen molar-refractivity contribution in [2.24, 2.45) is 0 Å². The zero-order valence-corrected chi connectivity index (χ0v) is 15.4. The monoisotopic (exact) mass is 356 g/mol. The van der Waals surface area contributed by atoms with Crippen molar-refractivity contribution < 1.29 is 14.6 Å². The van der Waals surface area contributed by atoms with Gasteiger partial charge in [-0.05, 0) is 29.7 Å². The molecule has 140 valence electrons. The van der Waals surface area contributed by atoms with Crippen molar-refractivity contribution in [3.63, 3.8) is 0 Å². The third kappa shape index (κ3) is 4.75. The van der Waals surface area contributed by atoms with Gasteiger partial charge in [-0.3, -0.25) is 4.90 Å². The van der Waals surface area contributed by atoms with Gasteiger partial charge in [-0.2, -0.15) is 0 Å². The van der Waals surface area contributed by atoms with Crippen LogP contribution in [0.3, 0.4) is 0 Å². The molecule has 5 heteroatoms. The molecule has 3 rings (SSSR count). The number of nitrogens with one attached hydrogen (secondary N) is 1. The van der Waals surface area contributed by atoms with E-state index in [1.807, 2.05) is 42.5 Å². The zero-order chi connectivity index (χ0) is 18.2. The normalized spacial score (nSPS) is 16.2. The Morgan fingerprint density at radius 3 is 2.54 bits per heavy atom. The Hall–Kier alpha value is -2.08. The van der Waals surface area contributed by atoms with E-state index in [1.165, 1.54) is 0 Å². The topological polar surface area (TPSA) is 54.0 Å². The van der Waals surface area contributed by atoms with Crippen LogP contribution >= 0.6 is 0 Å². The van der Waals surface area contributed by atoms with Gasteiger partial charge in [-0.25, -0.2) is 0 Å². The summed E-state index contributed by atoms with van der Waals surface area (Å²) < 4.78 is 11.5. The lowest BCUT2D eigenvalue weighted by Gasteiger charge is -2.35. The molecule has 0 spiro atoms. The highest BCUT2D eigenvalue weighted by molar-refractivity contribution is 5.44. The summed E-state index contributed by atoms with van der Waals surface area (Å²) in [5, 5.41) is 12.9. The van der Waals surface area contributed by atoms with Gasteiger partial charge in [0, 0.05) is 38.8 Å². The molecular weight excluding hydrogens is 328 g/mol. The lowest BCUT2D eigenvalue weighted by atomic mass is 10.0. The van der Waals surface area contributed by atoms with E-state index >= 15 is 0 Å². The summed E-state index contributed by atoms with van der Waals surface area (Å²) in [5.41, 5.74) is 2.28. The number of aliphatic hydroxyl groups excluding tert-OH is 1. The smallest absolute Gasteiger partial charge is 0.161 e. The van der Waals surface area contributed by atoms with E-state index in [-0.39, 0.29) is 12.6 Å². The molecule has 0 aromatic heterocycles. The van der Waals surface area contributed by atoms with Crippen molar-refractivity contribution in [3.8, 4) is 11.5 Å². The summed E-state index contributed by atoms with van der Waals surface area (Å²) in [6.45, 7) is 4.62. The van der Waals surface area contributed by atoms with Gasteiger partial charge in [0.05, 0.1) is 7.11 Å².